The Kier molecular flexibility index (Phi) is 7.63. The maximum atomic E-state index is 13.3. The van der Waals surface area contributed by atoms with Crippen molar-refractivity contribution in [2.24, 2.45) is 5.92 Å². The molecule has 4 rings (SSSR count). The van der Waals surface area contributed by atoms with Crippen molar-refractivity contribution in [3.63, 3.8) is 0 Å². The van der Waals surface area contributed by atoms with Gasteiger partial charge in [0.1, 0.15) is 0 Å². The predicted molar refractivity (Wildman–Crippen MR) is 126 cm³/mol. The van der Waals surface area contributed by atoms with E-state index in [0.29, 0.717) is 25.0 Å². The zero-order valence-corrected chi connectivity index (χ0v) is 19.5. The zero-order chi connectivity index (χ0) is 22.5. The molecule has 6 heteroatoms. The van der Waals surface area contributed by atoms with E-state index in [1.54, 1.807) is 6.08 Å². The van der Waals surface area contributed by atoms with Crippen LogP contribution in [-0.4, -0.2) is 84.0 Å². The van der Waals surface area contributed by atoms with Crippen molar-refractivity contribution in [3.8, 4) is 0 Å². The maximum absolute atomic E-state index is 13.3. The average molecular weight is 440 g/mol. The van der Waals surface area contributed by atoms with E-state index in [1.165, 1.54) is 0 Å². The van der Waals surface area contributed by atoms with E-state index in [4.69, 9.17) is 4.74 Å². The maximum Gasteiger partial charge on any atom is 0.246 e. The molecule has 0 aromatic heterocycles. The lowest BCUT2D eigenvalue weighted by Crippen LogP contribution is -2.52. The van der Waals surface area contributed by atoms with Crippen molar-refractivity contribution < 1.29 is 14.3 Å². The fourth-order valence-corrected chi connectivity index (χ4v) is 5.47. The zero-order valence-electron chi connectivity index (χ0n) is 19.5. The van der Waals surface area contributed by atoms with Crippen LogP contribution in [-0.2, 0) is 14.3 Å². The molecule has 1 aromatic carbocycles. The van der Waals surface area contributed by atoms with Crippen molar-refractivity contribution in [1.82, 2.24) is 14.7 Å². The molecule has 3 fully saturated rings. The number of hydrogen-bond donors (Lipinski definition) is 0. The molecule has 6 nitrogen and oxygen atoms in total. The van der Waals surface area contributed by atoms with Gasteiger partial charge in [0.2, 0.25) is 11.8 Å². The molecule has 3 aliphatic heterocycles. The summed E-state index contributed by atoms with van der Waals surface area (Å²) in [5.41, 5.74) is 1.02. The third kappa shape index (κ3) is 5.78. The lowest BCUT2D eigenvalue weighted by Gasteiger charge is -2.39. The molecule has 3 atom stereocenters. The molecule has 32 heavy (non-hydrogen) atoms. The van der Waals surface area contributed by atoms with E-state index in [2.05, 4.69) is 23.6 Å². The largest absolute Gasteiger partial charge is 0.373 e. The van der Waals surface area contributed by atoms with Crippen molar-refractivity contribution in [1.29, 1.82) is 0 Å². The van der Waals surface area contributed by atoms with Crippen LogP contribution >= 0.6 is 0 Å². The first-order valence-corrected chi connectivity index (χ1v) is 12.2. The molecule has 3 saturated heterocycles. The molecule has 0 radical (unpaired) electrons. The number of likely N-dealkylation sites (tertiary alicyclic amines) is 2. The quantitative estimate of drug-likeness (QED) is 0.662. The highest BCUT2D eigenvalue weighted by atomic mass is 16.5. The molecule has 1 aromatic rings. The predicted octanol–water partition coefficient (Wildman–Crippen LogP) is 3.04. The van der Waals surface area contributed by atoms with Crippen LogP contribution in [0.4, 0.5) is 0 Å². The number of carbonyl (C=O) groups excluding carboxylic acids is 2. The van der Waals surface area contributed by atoms with Crippen LogP contribution in [0.3, 0.4) is 0 Å². The fourth-order valence-electron chi connectivity index (χ4n) is 5.47. The normalized spacial score (nSPS) is 27.9. The molecule has 3 heterocycles. The number of morpholine rings is 1. The van der Waals surface area contributed by atoms with Gasteiger partial charge < -0.3 is 14.5 Å². The summed E-state index contributed by atoms with van der Waals surface area (Å²) in [6, 6.07) is 10.2. The molecule has 0 N–H and O–H groups in total. The fraction of sp³-hybridized carbons (Fsp3) is 0.615. The van der Waals surface area contributed by atoms with E-state index in [9.17, 15) is 9.59 Å². The second-order valence-electron chi connectivity index (χ2n) is 9.65. The lowest BCUT2D eigenvalue weighted by atomic mass is 9.94. The molecule has 0 aliphatic carbocycles. The van der Waals surface area contributed by atoms with Crippen molar-refractivity contribution in [3.05, 3.63) is 42.0 Å². The van der Waals surface area contributed by atoms with Crippen molar-refractivity contribution in [2.75, 3.05) is 39.3 Å². The summed E-state index contributed by atoms with van der Waals surface area (Å²) in [4.78, 5) is 32.4. The summed E-state index contributed by atoms with van der Waals surface area (Å²) in [5.74, 6) is 0.378. The molecular weight excluding hydrogens is 402 g/mol. The molecule has 0 bridgehead atoms. The van der Waals surface area contributed by atoms with Gasteiger partial charge in [-0.05, 0) is 51.2 Å². The van der Waals surface area contributed by atoms with E-state index in [-0.39, 0.29) is 24.0 Å². The summed E-state index contributed by atoms with van der Waals surface area (Å²) in [5, 5.41) is 0. The van der Waals surface area contributed by atoms with Crippen LogP contribution in [0.25, 0.3) is 6.08 Å². The number of hydrogen-bond acceptors (Lipinski definition) is 4. The summed E-state index contributed by atoms with van der Waals surface area (Å²) >= 11 is 0. The van der Waals surface area contributed by atoms with Gasteiger partial charge in [-0.15, -0.1) is 0 Å². The van der Waals surface area contributed by atoms with Crippen LogP contribution in [0.15, 0.2) is 36.4 Å². The van der Waals surface area contributed by atoms with Crippen LogP contribution in [0, 0.1) is 5.92 Å². The molecule has 174 valence electrons. The summed E-state index contributed by atoms with van der Waals surface area (Å²) in [6.45, 7) is 9.29. The number of amides is 2. The average Bonchev–Trinajstić information content (AvgIpc) is 3.25. The van der Waals surface area contributed by atoms with E-state index in [1.807, 2.05) is 41.3 Å². The molecular formula is C26H37N3O3. The van der Waals surface area contributed by atoms with Gasteiger partial charge >= 0.3 is 0 Å². The van der Waals surface area contributed by atoms with Crippen LogP contribution in [0.2, 0.25) is 0 Å². The second kappa shape index (κ2) is 10.6. The molecule has 0 spiro atoms. The van der Waals surface area contributed by atoms with Crippen molar-refractivity contribution in [2.45, 2.75) is 57.8 Å². The number of benzene rings is 1. The van der Waals surface area contributed by atoms with Gasteiger partial charge in [-0.2, -0.15) is 0 Å². The highest BCUT2D eigenvalue weighted by Gasteiger charge is 2.36. The first kappa shape index (κ1) is 23.0. The second-order valence-corrected chi connectivity index (χ2v) is 9.65. The first-order chi connectivity index (χ1) is 15.5. The topological polar surface area (TPSA) is 53.1 Å². The van der Waals surface area contributed by atoms with Gasteiger partial charge in [-0.3, -0.25) is 14.5 Å². The van der Waals surface area contributed by atoms with Crippen LogP contribution in [0.1, 0.15) is 45.1 Å². The van der Waals surface area contributed by atoms with Gasteiger partial charge in [0.15, 0.2) is 0 Å². The Morgan fingerprint density at radius 3 is 2.38 bits per heavy atom. The lowest BCUT2D eigenvalue weighted by molar-refractivity contribution is -0.141. The molecule has 3 aliphatic rings. The van der Waals surface area contributed by atoms with Gasteiger partial charge in [0.05, 0.1) is 12.2 Å². The van der Waals surface area contributed by atoms with Gasteiger partial charge in [-0.1, -0.05) is 30.3 Å². The van der Waals surface area contributed by atoms with Crippen molar-refractivity contribution >= 4 is 17.9 Å². The van der Waals surface area contributed by atoms with Gasteiger partial charge in [-0.25, -0.2) is 0 Å². The minimum Gasteiger partial charge on any atom is -0.373 e. The minimum absolute atomic E-state index is 0.0364. The highest BCUT2D eigenvalue weighted by molar-refractivity contribution is 5.92. The third-order valence-corrected chi connectivity index (χ3v) is 7.00. The number of rotatable bonds is 5. The number of ether oxygens (including phenoxy) is 1. The van der Waals surface area contributed by atoms with E-state index in [0.717, 1.165) is 57.4 Å². The van der Waals surface area contributed by atoms with Gasteiger partial charge in [0.25, 0.3) is 0 Å². The SMILES string of the molecule is CC1CN(CC2CCCN2C(=O)C2CCN(C(=O)/C=C/c3ccccc3)CC2)CC(C)O1. The Hall–Kier alpha value is -2.18. The summed E-state index contributed by atoms with van der Waals surface area (Å²) in [6.07, 6.45) is 7.72. The smallest absolute Gasteiger partial charge is 0.246 e. The van der Waals surface area contributed by atoms with E-state index >= 15 is 0 Å². The van der Waals surface area contributed by atoms with Gasteiger partial charge in [0, 0.05) is 57.3 Å². The first-order valence-electron chi connectivity index (χ1n) is 12.2. The Balaban J connectivity index is 1.27. The molecule has 2 amide bonds. The third-order valence-electron chi connectivity index (χ3n) is 7.00. The number of piperidine rings is 1. The molecule has 3 unspecified atom stereocenters. The van der Waals surface area contributed by atoms with E-state index < -0.39 is 0 Å². The monoisotopic (exact) mass is 439 g/mol. The summed E-state index contributed by atoms with van der Waals surface area (Å²) < 4.78 is 5.86. The van der Waals surface area contributed by atoms with Crippen LogP contribution in [0.5, 0.6) is 0 Å². The highest BCUT2D eigenvalue weighted by Crippen LogP contribution is 2.26. The number of nitrogens with zero attached hydrogens (tertiary/aromatic N) is 3. The number of carbonyl (C=O) groups is 2. The Labute approximate surface area is 192 Å². The minimum atomic E-state index is 0.0364. The Morgan fingerprint density at radius 1 is 1.00 bits per heavy atom. The summed E-state index contributed by atoms with van der Waals surface area (Å²) in [7, 11) is 0. The van der Waals surface area contributed by atoms with Crippen LogP contribution < -0.4 is 0 Å². The Bertz CT molecular complexity index is 794. The molecule has 0 saturated carbocycles. The Morgan fingerprint density at radius 2 is 1.69 bits per heavy atom. The standard InChI is InChI=1S/C26H37N3O3/c1-20-17-27(18-21(2)32-20)19-24-9-6-14-29(24)26(31)23-12-15-28(16-13-23)25(30)11-10-22-7-4-3-5-8-22/h3-5,7-8,10-11,20-21,23-24H,6,9,12-19H2,1-2H3/b11-10+.